The van der Waals surface area contributed by atoms with Crippen LogP contribution in [0.25, 0.3) is 0 Å². The molecule has 0 fully saturated rings. The minimum atomic E-state index is -0.191. The number of nitrogens with one attached hydrogen (secondary N) is 1. The Morgan fingerprint density at radius 1 is 1.14 bits per heavy atom. The molecular formula is C23H25N3O2. The Morgan fingerprint density at radius 2 is 1.89 bits per heavy atom. The van der Waals surface area contributed by atoms with Gasteiger partial charge >= 0.3 is 12.0 Å². The molecule has 1 aliphatic carbocycles. The van der Waals surface area contributed by atoms with Gasteiger partial charge in [-0.2, -0.15) is 4.98 Å². The van der Waals surface area contributed by atoms with Crippen LogP contribution in [-0.4, -0.2) is 15.9 Å². The number of hydrogen-bond donors (Lipinski definition) is 1. The molecule has 28 heavy (non-hydrogen) atoms. The Bertz CT molecular complexity index is 972. The summed E-state index contributed by atoms with van der Waals surface area (Å²) in [7, 11) is 0. The van der Waals surface area contributed by atoms with E-state index in [1.165, 1.54) is 16.7 Å². The maximum absolute atomic E-state index is 13.2. The molecule has 0 saturated heterocycles. The van der Waals surface area contributed by atoms with Gasteiger partial charge in [-0.05, 0) is 50.3 Å². The normalized spacial score (nSPS) is 15.3. The van der Waals surface area contributed by atoms with Gasteiger partial charge in [-0.3, -0.25) is 5.32 Å². The van der Waals surface area contributed by atoms with Crippen LogP contribution in [0.2, 0.25) is 0 Å². The molecule has 0 saturated carbocycles. The fraction of sp³-hybridized carbons (Fsp3) is 0.304. The average Bonchev–Trinajstić information content (AvgIpc) is 3.24. The molecule has 1 N–H and O–H groups in total. The van der Waals surface area contributed by atoms with Crippen molar-refractivity contribution in [3.63, 3.8) is 0 Å². The molecule has 0 radical (unpaired) electrons. The molecule has 0 aliphatic heterocycles. The van der Waals surface area contributed by atoms with Crippen molar-refractivity contribution in [2.24, 2.45) is 0 Å². The zero-order chi connectivity index (χ0) is 19.7. The zero-order valence-corrected chi connectivity index (χ0v) is 16.5. The van der Waals surface area contributed by atoms with Crippen molar-refractivity contribution in [3.05, 3.63) is 82.2 Å². The van der Waals surface area contributed by atoms with Gasteiger partial charge in [-0.15, -0.1) is 0 Å². The molecule has 1 heterocycles. The summed E-state index contributed by atoms with van der Waals surface area (Å²) in [5.41, 5.74) is 5.63. The van der Waals surface area contributed by atoms with Gasteiger partial charge in [0.05, 0.1) is 11.7 Å². The Balaban J connectivity index is 1.63. The lowest BCUT2D eigenvalue weighted by atomic mass is 10.1. The molecule has 1 atom stereocenters. The third-order valence-corrected chi connectivity index (χ3v) is 5.45. The van der Waals surface area contributed by atoms with Gasteiger partial charge in [-0.25, -0.2) is 4.79 Å². The first-order valence-electron chi connectivity index (χ1n) is 9.66. The summed E-state index contributed by atoms with van der Waals surface area (Å²) >= 11 is 0. The largest absolute Gasteiger partial charge is 0.428 e. The number of rotatable bonds is 4. The maximum atomic E-state index is 13.2. The number of aromatic nitrogens is 1. The van der Waals surface area contributed by atoms with E-state index >= 15 is 0 Å². The number of amides is 2. The van der Waals surface area contributed by atoms with Crippen LogP contribution < -0.4 is 5.32 Å². The topological polar surface area (TPSA) is 58.4 Å². The molecule has 144 valence electrons. The second kappa shape index (κ2) is 7.50. The van der Waals surface area contributed by atoms with Crippen molar-refractivity contribution >= 4 is 12.0 Å². The van der Waals surface area contributed by atoms with E-state index in [0.717, 1.165) is 24.1 Å². The van der Waals surface area contributed by atoms with Crippen molar-refractivity contribution in [2.75, 3.05) is 5.32 Å². The fourth-order valence-electron chi connectivity index (χ4n) is 3.76. The van der Waals surface area contributed by atoms with E-state index in [1.807, 2.05) is 24.8 Å². The first kappa shape index (κ1) is 18.3. The Kier molecular flexibility index (Phi) is 4.90. The van der Waals surface area contributed by atoms with Crippen molar-refractivity contribution in [3.8, 4) is 0 Å². The first-order valence-corrected chi connectivity index (χ1v) is 9.66. The van der Waals surface area contributed by atoms with Crippen molar-refractivity contribution < 1.29 is 9.21 Å². The highest BCUT2D eigenvalue weighted by Gasteiger charge is 2.31. The molecule has 2 amide bonds. The summed E-state index contributed by atoms with van der Waals surface area (Å²) in [6, 6.07) is 16.8. The van der Waals surface area contributed by atoms with Crippen molar-refractivity contribution in [1.82, 2.24) is 9.88 Å². The number of carbonyl (C=O) groups is 1. The Labute approximate surface area is 165 Å². The molecule has 5 heteroatoms. The van der Waals surface area contributed by atoms with Crippen LogP contribution in [-0.2, 0) is 13.0 Å². The summed E-state index contributed by atoms with van der Waals surface area (Å²) in [5, 5.41) is 2.85. The lowest BCUT2D eigenvalue weighted by molar-refractivity contribution is 0.183. The zero-order valence-electron chi connectivity index (χ0n) is 16.5. The molecule has 3 aromatic rings. The first-order chi connectivity index (χ1) is 13.5. The highest BCUT2D eigenvalue weighted by molar-refractivity contribution is 5.87. The van der Waals surface area contributed by atoms with Gasteiger partial charge in [-0.1, -0.05) is 54.1 Å². The lowest BCUT2D eigenvalue weighted by Gasteiger charge is -2.29. The molecular weight excluding hydrogens is 350 g/mol. The second-order valence-corrected chi connectivity index (χ2v) is 7.46. The smallest absolute Gasteiger partial charge is 0.326 e. The average molecular weight is 375 g/mol. The second-order valence-electron chi connectivity index (χ2n) is 7.46. The molecule has 0 spiro atoms. The van der Waals surface area contributed by atoms with Gasteiger partial charge in [0.15, 0.2) is 0 Å². The Hall–Kier alpha value is -3.08. The number of nitrogens with zero attached hydrogens (tertiary/aromatic N) is 2. The number of oxazole rings is 1. The fourth-order valence-corrected chi connectivity index (χ4v) is 3.76. The summed E-state index contributed by atoms with van der Waals surface area (Å²) in [5.74, 6) is 0.714. The number of fused-ring (bicyclic) bond motifs is 1. The predicted molar refractivity (Wildman–Crippen MR) is 109 cm³/mol. The predicted octanol–water partition coefficient (Wildman–Crippen LogP) is 5.32. The van der Waals surface area contributed by atoms with Gasteiger partial charge in [0, 0.05) is 6.54 Å². The number of benzene rings is 2. The van der Waals surface area contributed by atoms with Gasteiger partial charge in [0.1, 0.15) is 5.76 Å². The number of urea groups is 1. The van der Waals surface area contributed by atoms with E-state index in [4.69, 9.17) is 4.42 Å². The molecule has 0 bridgehead atoms. The third kappa shape index (κ3) is 3.65. The van der Waals surface area contributed by atoms with Gasteiger partial charge in [0.25, 0.3) is 0 Å². The monoisotopic (exact) mass is 375 g/mol. The van der Waals surface area contributed by atoms with E-state index in [2.05, 4.69) is 59.7 Å². The van der Waals surface area contributed by atoms with E-state index in [0.29, 0.717) is 12.3 Å². The van der Waals surface area contributed by atoms with E-state index in [9.17, 15) is 4.79 Å². The van der Waals surface area contributed by atoms with Gasteiger partial charge in [0.2, 0.25) is 0 Å². The highest BCUT2D eigenvalue weighted by atomic mass is 16.4. The summed E-state index contributed by atoms with van der Waals surface area (Å²) in [4.78, 5) is 19.4. The lowest BCUT2D eigenvalue weighted by Crippen LogP contribution is -2.37. The number of aryl methyl sites for hydroxylation is 4. The van der Waals surface area contributed by atoms with Crippen LogP contribution in [0, 0.1) is 20.8 Å². The molecule has 1 aromatic heterocycles. The van der Waals surface area contributed by atoms with Gasteiger partial charge < -0.3 is 9.32 Å². The van der Waals surface area contributed by atoms with E-state index in [-0.39, 0.29) is 18.1 Å². The highest BCUT2D eigenvalue weighted by Crippen LogP contribution is 2.36. The van der Waals surface area contributed by atoms with Crippen LogP contribution in [0.15, 0.2) is 52.9 Å². The van der Waals surface area contributed by atoms with Crippen LogP contribution in [0.5, 0.6) is 0 Å². The standard InChI is InChI=1S/C23H25N3O2/c1-15-8-10-18(11-9-15)14-26(21-13-12-19-6-4-5-7-20(19)21)23(27)25-22-24-16(2)17(3)28-22/h4-11,21H,12-14H2,1-3H3,(H,24,25,27)/t21-/m0/s1. The summed E-state index contributed by atoms with van der Waals surface area (Å²) in [6.45, 7) is 6.31. The van der Waals surface area contributed by atoms with E-state index < -0.39 is 0 Å². The summed E-state index contributed by atoms with van der Waals surface area (Å²) in [6.07, 6.45) is 1.90. The SMILES string of the molecule is Cc1ccc(CN(C(=O)Nc2nc(C)c(C)o2)[C@H]2CCc3ccccc32)cc1. The number of anilines is 1. The van der Waals surface area contributed by atoms with Crippen molar-refractivity contribution in [1.29, 1.82) is 0 Å². The minimum Gasteiger partial charge on any atom is -0.428 e. The molecule has 5 nitrogen and oxygen atoms in total. The minimum absolute atomic E-state index is 0.0367. The van der Waals surface area contributed by atoms with E-state index in [1.54, 1.807) is 0 Å². The molecule has 4 rings (SSSR count). The van der Waals surface area contributed by atoms with Crippen molar-refractivity contribution in [2.45, 2.75) is 46.2 Å². The maximum Gasteiger partial charge on any atom is 0.326 e. The van der Waals surface area contributed by atoms with Crippen LogP contribution in [0.3, 0.4) is 0 Å². The molecule has 1 aliphatic rings. The molecule has 2 aromatic carbocycles. The van der Waals surface area contributed by atoms with Crippen LogP contribution in [0.1, 0.15) is 46.2 Å². The Morgan fingerprint density at radius 3 is 2.61 bits per heavy atom. The van der Waals surface area contributed by atoms with Crippen LogP contribution >= 0.6 is 0 Å². The molecule has 0 unspecified atom stereocenters. The summed E-state index contributed by atoms with van der Waals surface area (Å²) < 4.78 is 5.56. The third-order valence-electron chi connectivity index (χ3n) is 5.45. The number of carbonyl (C=O) groups excluding carboxylic acids is 1. The number of hydrogen-bond acceptors (Lipinski definition) is 3. The van der Waals surface area contributed by atoms with Crippen LogP contribution in [0.4, 0.5) is 10.8 Å². The quantitative estimate of drug-likeness (QED) is 0.671.